The molecule has 1 aliphatic rings. The van der Waals surface area contributed by atoms with Crippen LogP contribution in [0.2, 0.25) is 5.02 Å². The smallest absolute Gasteiger partial charge is 0.225 e. The van der Waals surface area contributed by atoms with E-state index in [1.54, 1.807) is 0 Å². The second-order valence-electron chi connectivity index (χ2n) is 6.80. The zero-order chi connectivity index (χ0) is 18.5. The summed E-state index contributed by atoms with van der Waals surface area (Å²) in [6.07, 6.45) is 3.35. The van der Waals surface area contributed by atoms with E-state index in [1.807, 2.05) is 30.3 Å². The SMILES string of the molecule is Clc1ccc(CCNc2nc(-c3ccccc3)cc(N3CCCC3)n2)cc1. The van der Waals surface area contributed by atoms with Crippen LogP contribution in [0.15, 0.2) is 60.7 Å². The van der Waals surface area contributed by atoms with E-state index in [2.05, 4.69) is 40.5 Å². The normalized spacial score (nSPS) is 13.7. The van der Waals surface area contributed by atoms with E-state index in [-0.39, 0.29) is 0 Å². The van der Waals surface area contributed by atoms with Crippen molar-refractivity contribution < 1.29 is 0 Å². The molecule has 138 valence electrons. The van der Waals surface area contributed by atoms with Gasteiger partial charge in [-0.1, -0.05) is 54.1 Å². The molecule has 2 heterocycles. The Morgan fingerprint density at radius 2 is 1.67 bits per heavy atom. The van der Waals surface area contributed by atoms with E-state index in [0.29, 0.717) is 5.95 Å². The topological polar surface area (TPSA) is 41.1 Å². The molecule has 4 rings (SSSR count). The number of nitrogens with one attached hydrogen (secondary N) is 1. The van der Waals surface area contributed by atoms with Gasteiger partial charge in [0.2, 0.25) is 5.95 Å². The molecule has 0 saturated carbocycles. The molecule has 0 aliphatic carbocycles. The van der Waals surface area contributed by atoms with Crippen LogP contribution in [-0.4, -0.2) is 29.6 Å². The largest absolute Gasteiger partial charge is 0.356 e. The maximum atomic E-state index is 5.96. The Hall–Kier alpha value is -2.59. The van der Waals surface area contributed by atoms with Crippen LogP contribution in [0.5, 0.6) is 0 Å². The van der Waals surface area contributed by atoms with Crippen molar-refractivity contribution in [1.82, 2.24) is 9.97 Å². The van der Waals surface area contributed by atoms with Crippen LogP contribution in [0.25, 0.3) is 11.3 Å². The molecule has 3 aromatic rings. The number of anilines is 2. The van der Waals surface area contributed by atoms with Crippen molar-refractivity contribution in [1.29, 1.82) is 0 Å². The molecule has 2 aromatic carbocycles. The summed E-state index contributed by atoms with van der Waals surface area (Å²) in [7, 11) is 0. The van der Waals surface area contributed by atoms with E-state index in [0.717, 1.165) is 48.2 Å². The maximum Gasteiger partial charge on any atom is 0.225 e. The van der Waals surface area contributed by atoms with Gasteiger partial charge in [-0.05, 0) is 37.0 Å². The first kappa shape index (κ1) is 17.8. The number of rotatable bonds is 6. The predicted molar refractivity (Wildman–Crippen MR) is 113 cm³/mol. The number of hydrogen-bond acceptors (Lipinski definition) is 4. The van der Waals surface area contributed by atoms with Crippen LogP contribution in [0.1, 0.15) is 18.4 Å². The van der Waals surface area contributed by atoms with Crippen LogP contribution in [0.4, 0.5) is 11.8 Å². The summed E-state index contributed by atoms with van der Waals surface area (Å²) in [6.45, 7) is 2.91. The number of nitrogens with zero attached hydrogens (tertiary/aromatic N) is 3. The molecule has 5 heteroatoms. The highest BCUT2D eigenvalue weighted by Gasteiger charge is 2.16. The Labute approximate surface area is 165 Å². The fourth-order valence-corrected chi connectivity index (χ4v) is 3.47. The molecule has 4 nitrogen and oxygen atoms in total. The van der Waals surface area contributed by atoms with Gasteiger partial charge in [0, 0.05) is 36.3 Å². The van der Waals surface area contributed by atoms with Crippen molar-refractivity contribution in [2.24, 2.45) is 0 Å². The van der Waals surface area contributed by atoms with E-state index in [1.165, 1.54) is 18.4 Å². The Morgan fingerprint density at radius 1 is 0.926 bits per heavy atom. The summed E-state index contributed by atoms with van der Waals surface area (Å²) in [5.41, 5.74) is 3.31. The standard InChI is InChI=1S/C22H23ClN4/c23-19-10-8-17(9-11-19)12-13-24-22-25-20(18-6-2-1-3-7-18)16-21(26-22)27-14-4-5-15-27/h1-3,6-11,16H,4-5,12-15H2,(H,24,25,26). The summed E-state index contributed by atoms with van der Waals surface area (Å²) in [5, 5.41) is 4.16. The van der Waals surface area contributed by atoms with Crippen LogP contribution < -0.4 is 10.2 Å². The summed E-state index contributed by atoms with van der Waals surface area (Å²) in [5.74, 6) is 1.70. The first-order chi connectivity index (χ1) is 13.3. The van der Waals surface area contributed by atoms with Gasteiger partial charge in [0.1, 0.15) is 5.82 Å². The second kappa shape index (κ2) is 8.40. The lowest BCUT2D eigenvalue weighted by atomic mass is 10.1. The molecular weight excluding hydrogens is 356 g/mol. The Bertz CT molecular complexity index is 875. The van der Waals surface area contributed by atoms with Crippen molar-refractivity contribution in [3.63, 3.8) is 0 Å². The zero-order valence-electron chi connectivity index (χ0n) is 15.2. The number of aromatic nitrogens is 2. The molecule has 27 heavy (non-hydrogen) atoms. The lowest BCUT2D eigenvalue weighted by Crippen LogP contribution is -2.20. The van der Waals surface area contributed by atoms with Gasteiger partial charge in [0.05, 0.1) is 5.69 Å². The van der Waals surface area contributed by atoms with Crippen LogP contribution in [0, 0.1) is 0 Å². The third kappa shape index (κ3) is 4.58. The molecule has 1 saturated heterocycles. The molecular formula is C22H23ClN4. The van der Waals surface area contributed by atoms with Gasteiger partial charge in [-0.2, -0.15) is 4.98 Å². The lowest BCUT2D eigenvalue weighted by molar-refractivity contribution is 0.919. The van der Waals surface area contributed by atoms with Crippen molar-refractivity contribution in [2.75, 3.05) is 29.9 Å². The van der Waals surface area contributed by atoms with Crippen molar-refractivity contribution in [3.05, 3.63) is 71.2 Å². The zero-order valence-corrected chi connectivity index (χ0v) is 16.0. The average molecular weight is 379 g/mol. The molecule has 0 spiro atoms. The molecule has 0 bridgehead atoms. The number of benzene rings is 2. The van der Waals surface area contributed by atoms with Crippen molar-refractivity contribution >= 4 is 23.4 Å². The molecule has 1 N–H and O–H groups in total. The van der Waals surface area contributed by atoms with Gasteiger partial charge in [-0.15, -0.1) is 0 Å². The highest BCUT2D eigenvalue weighted by atomic mass is 35.5. The molecule has 1 fully saturated rings. The van der Waals surface area contributed by atoms with Crippen LogP contribution >= 0.6 is 11.6 Å². The highest BCUT2D eigenvalue weighted by molar-refractivity contribution is 6.30. The summed E-state index contributed by atoms with van der Waals surface area (Å²) in [4.78, 5) is 11.9. The maximum absolute atomic E-state index is 5.96. The molecule has 1 aromatic heterocycles. The highest BCUT2D eigenvalue weighted by Crippen LogP contribution is 2.25. The predicted octanol–water partition coefficient (Wildman–Crippen LogP) is 5.05. The Morgan fingerprint density at radius 3 is 2.41 bits per heavy atom. The van der Waals surface area contributed by atoms with Gasteiger partial charge < -0.3 is 10.2 Å². The van der Waals surface area contributed by atoms with Gasteiger partial charge in [0.25, 0.3) is 0 Å². The minimum absolute atomic E-state index is 0.687. The first-order valence-electron chi connectivity index (χ1n) is 9.46. The van der Waals surface area contributed by atoms with Gasteiger partial charge >= 0.3 is 0 Å². The minimum atomic E-state index is 0.687. The van der Waals surface area contributed by atoms with E-state index in [4.69, 9.17) is 21.6 Å². The Balaban J connectivity index is 1.53. The third-order valence-electron chi connectivity index (χ3n) is 4.82. The minimum Gasteiger partial charge on any atom is -0.356 e. The molecule has 0 atom stereocenters. The first-order valence-corrected chi connectivity index (χ1v) is 9.83. The third-order valence-corrected chi connectivity index (χ3v) is 5.07. The summed E-state index contributed by atoms with van der Waals surface area (Å²) < 4.78 is 0. The number of halogens is 1. The van der Waals surface area contributed by atoms with Crippen LogP contribution in [0.3, 0.4) is 0 Å². The molecule has 0 amide bonds. The quantitative estimate of drug-likeness (QED) is 0.651. The second-order valence-corrected chi connectivity index (χ2v) is 7.23. The van der Waals surface area contributed by atoms with Crippen molar-refractivity contribution in [2.45, 2.75) is 19.3 Å². The Kier molecular flexibility index (Phi) is 5.54. The van der Waals surface area contributed by atoms with E-state index < -0.39 is 0 Å². The van der Waals surface area contributed by atoms with Gasteiger partial charge in [0.15, 0.2) is 0 Å². The van der Waals surface area contributed by atoms with Crippen LogP contribution in [-0.2, 0) is 6.42 Å². The summed E-state index contributed by atoms with van der Waals surface area (Å²) >= 11 is 5.96. The monoisotopic (exact) mass is 378 g/mol. The molecule has 0 radical (unpaired) electrons. The average Bonchev–Trinajstić information content (AvgIpc) is 3.25. The van der Waals surface area contributed by atoms with Gasteiger partial charge in [-0.3, -0.25) is 0 Å². The fourth-order valence-electron chi connectivity index (χ4n) is 3.35. The summed E-state index contributed by atoms with van der Waals surface area (Å²) in [6, 6.07) is 20.4. The van der Waals surface area contributed by atoms with E-state index >= 15 is 0 Å². The fraction of sp³-hybridized carbons (Fsp3) is 0.273. The van der Waals surface area contributed by atoms with Gasteiger partial charge in [-0.25, -0.2) is 4.98 Å². The van der Waals surface area contributed by atoms with Crippen molar-refractivity contribution in [3.8, 4) is 11.3 Å². The number of hydrogen-bond donors (Lipinski definition) is 1. The van der Waals surface area contributed by atoms with E-state index in [9.17, 15) is 0 Å². The lowest BCUT2D eigenvalue weighted by Gasteiger charge is -2.18. The molecule has 1 aliphatic heterocycles. The molecule has 0 unspecified atom stereocenters.